The molecule has 0 spiro atoms. The van der Waals surface area contributed by atoms with Crippen molar-refractivity contribution in [3.8, 4) is 0 Å². The van der Waals surface area contributed by atoms with Crippen molar-refractivity contribution < 1.29 is 9.53 Å². The standard InChI is InChI=1S/C46H80O2/c1-8-11-12-13-14-15-16-17-18-19-20-21-22-23-44(47)48-39-30-32-45(6)38(34-39)26-27-40-42-29-28-41(46(42,7)33-31-43(40)45)36(5)25-24-35(4)37(9-2)10-3/h26,36-37,39-43H,4,8-25,27-34H2,1-3,5-7H3/t36-,39+,40+,41-,42+,43+,45+,46-/m1/s1. The molecule has 48 heavy (non-hydrogen) atoms. The van der Waals surface area contributed by atoms with E-state index >= 15 is 0 Å². The van der Waals surface area contributed by atoms with E-state index in [0.717, 1.165) is 48.9 Å². The van der Waals surface area contributed by atoms with Gasteiger partial charge in [-0.15, -0.1) is 0 Å². The van der Waals surface area contributed by atoms with Crippen molar-refractivity contribution in [3.05, 3.63) is 23.8 Å². The van der Waals surface area contributed by atoms with E-state index in [1.165, 1.54) is 147 Å². The zero-order valence-corrected chi connectivity index (χ0v) is 33.0. The molecule has 4 aliphatic carbocycles. The Hall–Kier alpha value is -1.05. The van der Waals surface area contributed by atoms with Crippen molar-refractivity contribution in [2.75, 3.05) is 0 Å². The number of rotatable bonds is 22. The number of carbonyl (C=O) groups is 1. The van der Waals surface area contributed by atoms with Crippen molar-refractivity contribution in [2.24, 2.45) is 46.3 Å². The van der Waals surface area contributed by atoms with Crippen LogP contribution < -0.4 is 0 Å². The monoisotopic (exact) mass is 665 g/mol. The Morgan fingerprint density at radius 3 is 2.06 bits per heavy atom. The minimum Gasteiger partial charge on any atom is -0.462 e. The van der Waals surface area contributed by atoms with Gasteiger partial charge < -0.3 is 4.74 Å². The molecule has 0 aromatic carbocycles. The lowest BCUT2D eigenvalue weighted by molar-refractivity contribution is -0.151. The molecule has 0 aromatic rings. The molecule has 0 bridgehead atoms. The van der Waals surface area contributed by atoms with E-state index in [-0.39, 0.29) is 12.1 Å². The van der Waals surface area contributed by atoms with Crippen LogP contribution in [-0.4, -0.2) is 12.1 Å². The zero-order chi connectivity index (χ0) is 34.6. The summed E-state index contributed by atoms with van der Waals surface area (Å²) < 4.78 is 6.14. The molecule has 0 aliphatic heterocycles. The van der Waals surface area contributed by atoms with Crippen molar-refractivity contribution >= 4 is 5.97 Å². The first-order valence-electron chi connectivity index (χ1n) is 21.7. The van der Waals surface area contributed by atoms with Crippen LogP contribution in [-0.2, 0) is 9.53 Å². The number of unbranched alkanes of at least 4 members (excludes halogenated alkanes) is 12. The van der Waals surface area contributed by atoms with Gasteiger partial charge in [-0.05, 0) is 123 Å². The molecule has 4 aliphatic rings. The summed E-state index contributed by atoms with van der Waals surface area (Å²) in [5, 5.41) is 0. The molecule has 0 amide bonds. The van der Waals surface area contributed by atoms with Gasteiger partial charge in [-0.1, -0.05) is 142 Å². The molecule has 0 aromatic heterocycles. The summed E-state index contributed by atoms with van der Waals surface area (Å²) >= 11 is 0. The van der Waals surface area contributed by atoms with Crippen LogP contribution in [0.5, 0.6) is 0 Å². The van der Waals surface area contributed by atoms with E-state index in [0.29, 0.717) is 23.2 Å². The number of carbonyl (C=O) groups excluding carboxylic acids is 1. The van der Waals surface area contributed by atoms with Crippen LogP contribution in [0.15, 0.2) is 23.8 Å². The molecule has 0 unspecified atom stereocenters. The van der Waals surface area contributed by atoms with Gasteiger partial charge in [0.2, 0.25) is 0 Å². The summed E-state index contributed by atoms with van der Waals surface area (Å²) in [7, 11) is 0. The van der Waals surface area contributed by atoms with Crippen LogP contribution >= 0.6 is 0 Å². The second-order valence-electron chi connectivity index (χ2n) is 18.0. The predicted molar refractivity (Wildman–Crippen MR) is 207 cm³/mol. The Morgan fingerprint density at radius 2 is 1.44 bits per heavy atom. The molecule has 0 radical (unpaired) electrons. The van der Waals surface area contributed by atoms with Crippen LogP contribution in [0, 0.1) is 46.3 Å². The molecule has 4 rings (SSSR count). The minimum absolute atomic E-state index is 0.0593. The molecule has 3 fully saturated rings. The SMILES string of the molecule is C=C(CC[C@@H](C)[C@H]1CC[C@H]2[C@@H]3CC=C4C[C@@H](OC(=O)CCCCCCCCCCCCCCC)CC[C@]4(C)[C@H]3CC[C@]12C)C(CC)CC. The highest BCUT2D eigenvalue weighted by molar-refractivity contribution is 5.69. The predicted octanol–water partition coefficient (Wildman–Crippen LogP) is 14.4. The van der Waals surface area contributed by atoms with Gasteiger partial charge in [0.25, 0.3) is 0 Å². The normalized spacial score (nSPS) is 31.9. The van der Waals surface area contributed by atoms with Crippen molar-refractivity contribution in [2.45, 2.75) is 215 Å². The van der Waals surface area contributed by atoms with Crippen molar-refractivity contribution in [1.82, 2.24) is 0 Å². The number of ether oxygens (including phenoxy) is 1. The summed E-state index contributed by atoms with van der Waals surface area (Å²) in [6.07, 6.45) is 36.0. The molecule has 3 saturated carbocycles. The van der Waals surface area contributed by atoms with Crippen LogP contribution in [0.4, 0.5) is 0 Å². The van der Waals surface area contributed by atoms with Gasteiger partial charge in [0.15, 0.2) is 0 Å². The van der Waals surface area contributed by atoms with E-state index < -0.39 is 0 Å². The van der Waals surface area contributed by atoms with Crippen LogP contribution in [0.1, 0.15) is 208 Å². The Bertz CT molecular complexity index is 1010. The summed E-state index contributed by atoms with van der Waals surface area (Å²) in [5.74, 6) is 5.01. The molecule has 2 heteroatoms. The lowest BCUT2D eigenvalue weighted by atomic mass is 9.47. The summed E-state index contributed by atoms with van der Waals surface area (Å²) in [5.41, 5.74) is 3.98. The smallest absolute Gasteiger partial charge is 0.306 e. The molecule has 2 nitrogen and oxygen atoms in total. The van der Waals surface area contributed by atoms with E-state index in [9.17, 15) is 4.79 Å². The second-order valence-corrected chi connectivity index (χ2v) is 18.0. The number of hydrogen-bond donors (Lipinski definition) is 0. The third-order valence-electron chi connectivity index (χ3n) is 15.1. The summed E-state index contributed by atoms with van der Waals surface area (Å²) in [4.78, 5) is 12.8. The fourth-order valence-corrected chi connectivity index (χ4v) is 11.9. The molecule has 0 heterocycles. The molecular formula is C46H80O2. The number of esters is 1. The minimum atomic E-state index is 0.0593. The third kappa shape index (κ3) is 10.0. The van der Waals surface area contributed by atoms with Crippen LogP contribution in [0.2, 0.25) is 0 Å². The van der Waals surface area contributed by atoms with Gasteiger partial charge in [0.05, 0.1) is 0 Å². The Morgan fingerprint density at radius 1 is 0.812 bits per heavy atom. The number of allylic oxidation sites excluding steroid dienone is 2. The molecular weight excluding hydrogens is 585 g/mol. The van der Waals surface area contributed by atoms with Crippen LogP contribution in [0.3, 0.4) is 0 Å². The molecule has 276 valence electrons. The molecule has 0 saturated heterocycles. The van der Waals surface area contributed by atoms with E-state index in [1.54, 1.807) is 5.57 Å². The number of hydrogen-bond acceptors (Lipinski definition) is 2. The van der Waals surface area contributed by atoms with Crippen LogP contribution in [0.25, 0.3) is 0 Å². The highest BCUT2D eigenvalue weighted by Crippen LogP contribution is 2.67. The summed E-state index contributed by atoms with van der Waals surface area (Å²) in [6, 6.07) is 0. The Balaban J connectivity index is 1.16. The van der Waals surface area contributed by atoms with Gasteiger partial charge >= 0.3 is 5.97 Å². The lowest BCUT2D eigenvalue weighted by Crippen LogP contribution is -2.51. The third-order valence-corrected chi connectivity index (χ3v) is 15.1. The van der Waals surface area contributed by atoms with E-state index in [4.69, 9.17) is 4.74 Å². The topological polar surface area (TPSA) is 26.3 Å². The fraction of sp³-hybridized carbons (Fsp3) is 0.891. The largest absolute Gasteiger partial charge is 0.462 e. The van der Waals surface area contributed by atoms with Gasteiger partial charge in [-0.3, -0.25) is 4.79 Å². The average molecular weight is 665 g/mol. The molecule has 0 N–H and O–H groups in total. The Labute approximate surface area is 299 Å². The highest BCUT2D eigenvalue weighted by atomic mass is 16.5. The first-order valence-corrected chi connectivity index (χ1v) is 21.7. The first kappa shape index (κ1) is 39.7. The van der Waals surface area contributed by atoms with Crippen molar-refractivity contribution in [1.29, 1.82) is 0 Å². The van der Waals surface area contributed by atoms with Gasteiger partial charge in [0.1, 0.15) is 6.10 Å². The maximum Gasteiger partial charge on any atom is 0.306 e. The van der Waals surface area contributed by atoms with E-state index in [2.05, 4.69) is 54.2 Å². The fourth-order valence-electron chi connectivity index (χ4n) is 11.9. The highest BCUT2D eigenvalue weighted by Gasteiger charge is 2.59. The van der Waals surface area contributed by atoms with Gasteiger partial charge in [0, 0.05) is 12.8 Å². The molecule has 8 atom stereocenters. The zero-order valence-electron chi connectivity index (χ0n) is 33.0. The van der Waals surface area contributed by atoms with Gasteiger partial charge in [-0.25, -0.2) is 0 Å². The lowest BCUT2D eigenvalue weighted by Gasteiger charge is -2.58. The second kappa shape index (κ2) is 19.5. The first-order chi connectivity index (χ1) is 23.2. The Kier molecular flexibility index (Phi) is 16.2. The van der Waals surface area contributed by atoms with Gasteiger partial charge in [-0.2, -0.15) is 0 Å². The number of fused-ring (bicyclic) bond motifs is 5. The quantitative estimate of drug-likeness (QED) is 0.0654. The maximum atomic E-state index is 12.8. The average Bonchev–Trinajstić information content (AvgIpc) is 3.44. The maximum absolute atomic E-state index is 12.8. The summed E-state index contributed by atoms with van der Waals surface area (Å²) in [6.45, 7) is 19.3. The van der Waals surface area contributed by atoms with Crippen molar-refractivity contribution in [3.63, 3.8) is 0 Å². The van der Waals surface area contributed by atoms with E-state index in [1.807, 2.05) is 0 Å².